The quantitative estimate of drug-likeness (QED) is 0.770. The lowest BCUT2D eigenvalue weighted by Gasteiger charge is -2.22. The van der Waals surface area contributed by atoms with E-state index < -0.39 is 10.0 Å². The summed E-state index contributed by atoms with van der Waals surface area (Å²) in [4.78, 5) is 14.7. The number of rotatable bonds is 6. The summed E-state index contributed by atoms with van der Waals surface area (Å²) in [5.74, 6) is 0.840. The van der Waals surface area contributed by atoms with E-state index in [9.17, 15) is 13.2 Å². The maximum Gasteiger partial charge on any atom is 0.246 e. The van der Waals surface area contributed by atoms with Crippen LogP contribution in [0.3, 0.4) is 0 Å². The van der Waals surface area contributed by atoms with Crippen LogP contribution in [-0.2, 0) is 21.2 Å². The number of H-pyrrole nitrogens is 1. The number of sulfonamides is 1. The Morgan fingerprint density at radius 1 is 1.14 bits per heavy atom. The maximum atomic E-state index is 13.0. The number of methoxy groups -OCH3 is 1. The Hall–Kier alpha value is -2.39. The molecular weight excluding hydrogens is 392 g/mol. The summed E-state index contributed by atoms with van der Waals surface area (Å²) in [6.45, 7) is 5.05. The van der Waals surface area contributed by atoms with Gasteiger partial charge < -0.3 is 9.64 Å². The van der Waals surface area contributed by atoms with Crippen LogP contribution in [0.5, 0.6) is 5.75 Å². The number of aromatic amines is 1. The van der Waals surface area contributed by atoms with Gasteiger partial charge in [0.2, 0.25) is 15.9 Å². The first-order valence-electron chi connectivity index (χ1n) is 9.75. The first kappa shape index (κ1) is 21.3. The molecule has 8 nitrogen and oxygen atoms in total. The van der Waals surface area contributed by atoms with Gasteiger partial charge in [-0.05, 0) is 44.4 Å². The highest BCUT2D eigenvalue weighted by molar-refractivity contribution is 7.89. The van der Waals surface area contributed by atoms with E-state index in [1.807, 2.05) is 24.3 Å². The zero-order valence-corrected chi connectivity index (χ0v) is 18.0. The molecule has 0 spiro atoms. The summed E-state index contributed by atoms with van der Waals surface area (Å²) < 4.78 is 32.7. The normalized spacial score (nSPS) is 15.9. The summed E-state index contributed by atoms with van der Waals surface area (Å²) in [5.41, 5.74) is 2.09. The van der Waals surface area contributed by atoms with Crippen molar-refractivity contribution in [2.45, 2.75) is 38.0 Å². The van der Waals surface area contributed by atoms with E-state index in [4.69, 9.17) is 4.74 Å². The molecule has 0 unspecified atom stereocenters. The molecule has 3 rings (SSSR count). The smallest absolute Gasteiger partial charge is 0.246 e. The number of hydrogen-bond donors (Lipinski definition) is 1. The van der Waals surface area contributed by atoms with Crippen molar-refractivity contribution in [1.82, 2.24) is 19.4 Å². The van der Waals surface area contributed by atoms with E-state index in [1.54, 1.807) is 25.9 Å². The molecule has 9 heteroatoms. The van der Waals surface area contributed by atoms with Gasteiger partial charge in [0, 0.05) is 32.6 Å². The zero-order chi connectivity index (χ0) is 21.0. The third-order valence-electron chi connectivity index (χ3n) is 5.25. The molecule has 0 atom stereocenters. The molecule has 29 heavy (non-hydrogen) atoms. The maximum absolute atomic E-state index is 13.0. The Labute approximate surface area is 171 Å². The molecule has 0 saturated carbocycles. The van der Waals surface area contributed by atoms with Crippen molar-refractivity contribution in [3.8, 4) is 5.75 Å². The van der Waals surface area contributed by atoms with Gasteiger partial charge in [0.05, 0.1) is 18.5 Å². The average Bonchev–Trinajstić information content (AvgIpc) is 2.91. The molecule has 1 saturated heterocycles. The molecular formula is C20H28N4O4S. The number of carbonyl (C=O) groups is 1. The Kier molecular flexibility index (Phi) is 6.59. The second-order valence-corrected chi connectivity index (χ2v) is 9.12. The first-order chi connectivity index (χ1) is 13.8. The monoisotopic (exact) mass is 420 g/mol. The van der Waals surface area contributed by atoms with Crippen molar-refractivity contribution in [1.29, 1.82) is 0 Å². The lowest BCUT2D eigenvalue weighted by atomic mass is 10.1. The van der Waals surface area contributed by atoms with Crippen molar-refractivity contribution in [2.24, 2.45) is 0 Å². The number of benzene rings is 1. The van der Waals surface area contributed by atoms with Crippen molar-refractivity contribution >= 4 is 15.9 Å². The van der Waals surface area contributed by atoms with Gasteiger partial charge in [0.1, 0.15) is 10.6 Å². The number of amides is 1. The van der Waals surface area contributed by atoms with Gasteiger partial charge in [-0.15, -0.1) is 0 Å². The van der Waals surface area contributed by atoms with E-state index in [-0.39, 0.29) is 10.8 Å². The average molecular weight is 421 g/mol. The van der Waals surface area contributed by atoms with Crippen LogP contribution in [0, 0.1) is 13.8 Å². The fourth-order valence-electron chi connectivity index (χ4n) is 3.63. The van der Waals surface area contributed by atoms with E-state index in [2.05, 4.69) is 10.2 Å². The number of nitrogens with zero attached hydrogens (tertiary/aromatic N) is 3. The fraction of sp³-hybridized carbons (Fsp3) is 0.500. The highest BCUT2D eigenvalue weighted by Gasteiger charge is 2.31. The van der Waals surface area contributed by atoms with Crippen LogP contribution < -0.4 is 4.74 Å². The molecule has 0 bridgehead atoms. The molecule has 0 aliphatic carbocycles. The summed E-state index contributed by atoms with van der Waals surface area (Å²) in [5, 5.41) is 6.74. The van der Waals surface area contributed by atoms with Gasteiger partial charge in [0.25, 0.3) is 0 Å². The minimum Gasteiger partial charge on any atom is -0.497 e. The van der Waals surface area contributed by atoms with E-state index >= 15 is 0 Å². The van der Waals surface area contributed by atoms with E-state index in [0.717, 1.165) is 11.3 Å². The van der Waals surface area contributed by atoms with Crippen molar-refractivity contribution < 1.29 is 17.9 Å². The van der Waals surface area contributed by atoms with Crippen molar-refractivity contribution in [2.75, 3.05) is 33.3 Å². The first-order valence-corrected chi connectivity index (χ1v) is 11.2. The van der Waals surface area contributed by atoms with Crippen LogP contribution in [0.1, 0.15) is 29.8 Å². The van der Waals surface area contributed by atoms with Gasteiger partial charge in [0.15, 0.2) is 0 Å². The lowest BCUT2D eigenvalue weighted by Crippen LogP contribution is -2.37. The van der Waals surface area contributed by atoms with Gasteiger partial charge in [-0.2, -0.15) is 9.40 Å². The number of hydrogen-bond acceptors (Lipinski definition) is 5. The number of ether oxygens (including phenoxy) is 1. The molecule has 1 aromatic heterocycles. The standard InChI is InChI=1S/C20H28N4O4S/c1-15-20(16(2)22-21-15)29(26,27)24-12-4-11-23(13-14-24)19(25)10-7-17-5-8-18(28-3)9-6-17/h5-6,8-9H,4,7,10-14H2,1-3H3,(H,21,22). The van der Waals surface area contributed by atoms with Gasteiger partial charge in [-0.25, -0.2) is 8.42 Å². The van der Waals surface area contributed by atoms with Crippen LogP contribution >= 0.6 is 0 Å². The Morgan fingerprint density at radius 2 is 1.86 bits per heavy atom. The van der Waals surface area contributed by atoms with Crippen LogP contribution in [0.15, 0.2) is 29.2 Å². The Bertz CT molecular complexity index is 934. The van der Waals surface area contributed by atoms with E-state index in [1.165, 1.54) is 4.31 Å². The third-order valence-corrected chi connectivity index (χ3v) is 7.42. The molecule has 1 fully saturated rings. The second-order valence-electron chi connectivity index (χ2n) is 7.25. The molecule has 2 aromatic rings. The van der Waals surface area contributed by atoms with Crippen molar-refractivity contribution in [3.05, 3.63) is 41.2 Å². The largest absolute Gasteiger partial charge is 0.497 e. The molecule has 1 N–H and O–H groups in total. The molecule has 1 amide bonds. The summed E-state index contributed by atoms with van der Waals surface area (Å²) in [7, 11) is -2.00. The zero-order valence-electron chi connectivity index (χ0n) is 17.1. The number of aryl methyl sites for hydroxylation is 3. The molecule has 1 aliphatic rings. The van der Waals surface area contributed by atoms with Gasteiger partial charge >= 0.3 is 0 Å². The minimum atomic E-state index is -3.62. The van der Waals surface area contributed by atoms with Gasteiger partial charge in [-0.3, -0.25) is 9.89 Å². The summed E-state index contributed by atoms with van der Waals surface area (Å²) >= 11 is 0. The third kappa shape index (κ3) is 4.79. The topological polar surface area (TPSA) is 95.6 Å². The van der Waals surface area contributed by atoms with Crippen LogP contribution in [0.2, 0.25) is 0 Å². The minimum absolute atomic E-state index is 0.0516. The highest BCUT2D eigenvalue weighted by Crippen LogP contribution is 2.23. The van der Waals surface area contributed by atoms with Crippen LogP contribution in [-0.4, -0.2) is 67.0 Å². The molecule has 1 aromatic carbocycles. The number of nitrogens with one attached hydrogen (secondary N) is 1. The fourth-order valence-corrected chi connectivity index (χ4v) is 5.44. The predicted octanol–water partition coefficient (Wildman–Crippen LogP) is 1.89. The Morgan fingerprint density at radius 3 is 2.48 bits per heavy atom. The highest BCUT2D eigenvalue weighted by atomic mass is 32.2. The van der Waals surface area contributed by atoms with Crippen LogP contribution in [0.25, 0.3) is 0 Å². The van der Waals surface area contributed by atoms with E-state index in [0.29, 0.717) is 56.8 Å². The Balaban J connectivity index is 1.59. The molecule has 2 heterocycles. The lowest BCUT2D eigenvalue weighted by molar-refractivity contribution is -0.131. The summed E-state index contributed by atoms with van der Waals surface area (Å²) in [6.07, 6.45) is 1.66. The molecule has 0 radical (unpaired) electrons. The SMILES string of the molecule is COc1ccc(CCC(=O)N2CCCN(S(=O)(=O)c3c(C)n[nH]c3C)CC2)cc1. The molecule has 1 aliphatic heterocycles. The summed E-state index contributed by atoms with van der Waals surface area (Å²) in [6, 6.07) is 7.68. The van der Waals surface area contributed by atoms with Crippen molar-refractivity contribution in [3.63, 3.8) is 0 Å². The number of aromatic nitrogens is 2. The number of carbonyl (C=O) groups excluding carboxylic acids is 1. The predicted molar refractivity (Wildman–Crippen MR) is 109 cm³/mol. The molecule has 158 valence electrons. The second kappa shape index (κ2) is 8.96. The van der Waals surface area contributed by atoms with Crippen LogP contribution in [0.4, 0.5) is 0 Å². The van der Waals surface area contributed by atoms with Gasteiger partial charge in [-0.1, -0.05) is 12.1 Å².